The van der Waals surface area contributed by atoms with Crippen molar-refractivity contribution >= 4 is 11.6 Å². The number of anilines is 1. The number of ether oxygens (including phenoxy) is 2. The van der Waals surface area contributed by atoms with E-state index in [0.717, 1.165) is 43.0 Å². The second kappa shape index (κ2) is 11.1. The molecule has 1 aliphatic heterocycles. The van der Waals surface area contributed by atoms with Crippen molar-refractivity contribution in [3.63, 3.8) is 0 Å². The summed E-state index contributed by atoms with van der Waals surface area (Å²) in [5, 5.41) is 13.4. The Hall–Kier alpha value is -2.61. The lowest BCUT2D eigenvalue weighted by atomic mass is 10.1. The molecule has 0 spiro atoms. The Morgan fingerprint density at radius 1 is 1.06 bits per heavy atom. The fraction of sp³-hybridized carbons (Fsp3) is 0.458. The highest BCUT2D eigenvalue weighted by molar-refractivity contribution is 5.93. The molecule has 2 N–H and O–H groups in total. The third kappa shape index (κ3) is 6.69. The molecule has 0 radical (unpaired) electrons. The van der Waals surface area contributed by atoms with Gasteiger partial charge in [-0.3, -0.25) is 14.6 Å². The molecule has 2 aromatic carbocycles. The number of carbonyl (C=O) groups excluding carboxylic acids is 1. The molecule has 1 heterocycles. The van der Waals surface area contributed by atoms with Gasteiger partial charge in [-0.2, -0.15) is 0 Å². The van der Waals surface area contributed by atoms with Crippen molar-refractivity contribution in [3.05, 3.63) is 53.6 Å². The molecule has 0 bridgehead atoms. The average molecular weight is 431 g/mol. The van der Waals surface area contributed by atoms with Gasteiger partial charge in [0.1, 0.15) is 12.7 Å². The lowest BCUT2D eigenvalue weighted by Gasteiger charge is -2.35. The van der Waals surface area contributed by atoms with Crippen LogP contribution in [0.3, 0.4) is 0 Å². The summed E-state index contributed by atoms with van der Waals surface area (Å²) >= 11 is 0. The zero-order chi connectivity index (χ0) is 24.7. The standard InChI is InChI=1S/C24H33N3O4/c1-18-7-6-8-19(2)24(18)25-23(29)16-27-13-11-26(12-14-27)15-20(28)17-31-22-10-5-4-9-21(22)30-3/h4-10,20,28H,11-17H2,1-3H3,(H,25,29)/i3D3. The van der Waals surface area contributed by atoms with Gasteiger partial charge in [0, 0.05) is 38.4 Å². The van der Waals surface area contributed by atoms with Crippen molar-refractivity contribution in [3.8, 4) is 11.5 Å². The van der Waals surface area contributed by atoms with Gasteiger partial charge in [-0.15, -0.1) is 0 Å². The fourth-order valence-corrected chi connectivity index (χ4v) is 3.71. The summed E-state index contributed by atoms with van der Waals surface area (Å²) in [6, 6.07) is 12.4. The van der Waals surface area contributed by atoms with E-state index in [0.29, 0.717) is 13.1 Å². The molecule has 1 amide bonds. The summed E-state index contributed by atoms with van der Waals surface area (Å²) in [6.45, 7) is 7.63. The molecule has 0 aliphatic carbocycles. The minimum Gasteiger partial charge on any atom is -0.493 e. The van der Waals surface area contributed by atoms with E-state index in [-0.39, 0.29) is 24.0 Å². The van der Waals surface area contributed by atoms with Crippen LogP contribution in [-0.4, -0.2) is 79.8 Å². The van der Waals surface area contributed by atoms with Gasteiger partial charge >= 0.3 is 0 Å². The Morgan fingerprint density at radius 3 is 2.39 bits per heavy atom. The van der Waals surface area contributed by atoms with Crippen LogP contribution in [0.2, 0.25) is 0 Å². The number of amides is 1. The number of hydrogen-bond donors (Lipinski definition) is 2. The maximum atomic E-state index is 12.5. The molecule has 7 nitrogen and oxygen atoms in total. The van der Waals surface area contributed by atoms with Gasteiger partial charge in [-0.1, -0.05) is 30.3 Å². The molecule has 1 fully saturated rings. The van der Waals surface area contributed by atoms with Crippen LogP contribution in [0.1, 0.15) is 15.2 Å². The molecule has 31 heavy (non-hydrogen) atoms. The Labute approximate surface area is 188 Å². The van der Waals surface area contributed by atoms with Gasteiger partial charge in [-0.25, -0.2) is 0 Å². The first-order valence-corrected chi connectivity index (χ1v) is 10.5. The first kappa shape index (κ1) is 19.1. The molecule has 7 heteroatoms. The predicted octanol–water partition coefficient (Wildman–Crippen LogP) is 2.31. The number of nitrogens with zero attached hydrogens (tertiary/aromatic N) is 2. The molecule has 1 saturated heterocycles. The number of rotatable bonds is 9. The number of carbonyl (C=O) groups is 1. The Bertz CT molecular complexity index is 942. The molecular weight excluding hydrogens is 394 g/mol. The normalized spacial score (nSPS) is 17.8. The molecule has 2 aromatic rings. The third-order valence-corrected chi connectivity index (χ3v) is 5.44. The minimum absolute atomic E-state index is 0.0137. The monoisotopic (exact) mass is 430 g/mol. The number of piperazine rings is 1. The smallest absolute Gasteiger partial charge is 0.238 e. The zero-order valence-corrected chi connectivity index (χ0v) is 18.1. The summed E-state index contributed by atoms with van der Waals surface area (Å²) in [7, 11) is -2.58. The average Bonchev–Trinajstić information content (AvgIpc) is 2.76. The number of aryl methyl sites for hydroxylation is 2. The first-order valence-electron chi connectivity index (χ1n) is 12.0. The van der Waals surface area contributed by atoms with Crippen LogP contribution >= 0.6 is 0 Å². The Balaban J connectivity index is 1.40. The van der Waals surface area contributed by atoms with Gasteiger partial charge < -0.3 is 19.9 Å². The quantitative estimate of drug-likeness (QED) is 0.636. The summed E-state index contributed by atoms with van der Waals surface area (Å²) in [5.74, 6) is 0.358. The SMILES string of the molecule is [2H]C([2H])([2H])Oc1ccccc1OCC(O)CN1CCN(CC(=O)Nc2c(C)cccc2C)CC1. The van der Waals surface area contributed by atoms with E-state index >= 15 is 0 Å². The van der Waals surface area contributed by atoms with Gasteiger partial charge in [0.25, 0.3) is 0 Å². The molecule has 0 aromatic heterocycles. The maximum Gasteiger partial charge on any atom is 0.238 e. The summed E-state index contributed by atoms with van der Waals surface area (Å²) in [6.07, 6.45) is -0.750. The number of hydrogen-bond acceptors (Lipinski definition) is 6. The highest BCUT2D eigenvalue weighted by Crippen LogP contribution is 2.25. The van der Waals surface area contributed by atoms with Crippen LogP contribution < -0.4 is 14.8 Å². The lowest BCUT2D eigenvalue weighted by Crippen LogP contribution is -2.50. The zero-order valence-electron chi connectivity index (χ0n) is 21.1. The highest BCUT2D eigenvalue weighted by atomic mass is 16.5. The molecule has 1 atom stereocenters. The number of para-hydroxylation sites is 3. The van der Waals surface area contributed by atoms with E-state index < -0.39 is 13.1 Å². The van der Waals surface area contributed by atoms with E-state index in [9.17, 15) is 9.90 Å². The van der Waals surface area contributed by atoms with Gasteiger partial charge in [-0.05, 0) is 37.1 Å². The lowest BCUT2D eigenvalue weighted by molar-refractivity contribution is -0.117. The minimum atomic E-state index is -2.58. The third-order valence-electron chi connectivity index (χ3n) is 5.44. The first-order chi connectivity index (χ1) is 16.1. The van der Waals surface area contributed by atoms with Crippen LogP contribution in [0.5, 0.6) is 11.5 Å². The number of nitrogens with one attached hydrogen (secondary N) is 1. The van der Waals surface area contributed by atoms with E-state index in [4.69, 9.17) is 13.6 Å². The van der Waals surface area contributed by atoms with Crippen molar-refractivity contribution in [2.45, 2.75) is 20.0 Å². The van der Waals surface area contributed by atoms with Crippen LogP contribution in [0.4, 0.5) is 5.69 Å². The largest absolute Gasteiger partial charge is 0.493 e. The van der Waals surface area contributed by atoms with E-state index in [2.05, 4.69) is 15.1 Å². The van der Waals surface area contributed by atoms with E-state index in [1.807, 2.05) is 32.0 Å². The predicted molar refractivity (Wildman–Crippen MR) is 122 cm³/mol. The Kier molecular flexibility index (Phi) is 6.86. The van der Waals surface area contributed by atoms with Crippen molar-refractivity contribution in [1.29, 1.82) is 0 Å². The van der Waals surface area contributed by atoms with Crippen molar-refractivity contribution in [2.24, 2.45) is 0 Å². The van der Waals surface area contributed by atoms with Crippen molar-refractivity contribution in [2.75, 3.05) is 58.2 Å². The highest BCUT2D eigenvalue weighted by Gasteiger charge is 2.21. The molecule has 0 saturated carbocycles. The molecule has 1 aliphatic rings. The summed E-state index contributed by atoms with van der Waals surface area (Å²) in [5.41, 5.74) is 2.96. The number of methoxy groups -OCH3 is 1. The van der Waals surface area contributed by atoms with E-state index in [1.54, 1.807) is 18.2 Å². The Morgan fingerprint density at radius 2 is 1.71 bits per heavy atom. The van der Waals surface area contributed by atoms with Crippen LogP contribution in [0.25, 0.3) is 0 Å². The summed E-state index contributed by atoms with van der Waals surface area (Å²) < 4.78 is 32.3. The number of benzene rings is 2. The van der Waals surface area contributed by atoms with Gasteiger partial charge in [0.05, 0.1) is 17.7 Å². The topological polar surface area (TPSA) is 74.3 Å². The van der Waals surface area contributed by atoms with Crippen LogP contribution in [0, 0.1) is 13.8 Å². The molecule has 1 unspecified atom stereocenters. The van der Waals surface area contributed by atoms with Crippen LogP contribution in [-0.2, 0) is 4.79 Å². The summed E-state index contributed by atoms with van der Waals surface area (Å²) in [4.78, 5) is 16.7. The molecular formula is C24H33N3O4. The second-order valence-corrected chi connectivity index (χ2v) is 7.91. The van der Waals surface area contributed by atoms with Gasteiger partial charge in [0.15, 0.2) is 11.5 Å². The number of β-amino-alcohol motifs (C(OH)–C–C–N with tert-alkyl or cyclic N) is 1. The second-order valence-electron chi connectivity index (χ2n) is 7.91. The van der Waals surface area contributed by atoms with Crippen LogP contribution in [0.15, 0.2) is 42.5 Å². The van der Waals surface area contributed by atoms with Gasteiger partial charge in [0.2, 0.25) is 5.91 Å². The van der Waals surface area contributed by atoms with Crippen molar-refractivity contribution < 1.29 is 23.5 Å². The molecule has 3 rings (SSSR count). The maximum absolute atomic E-state index is 12.5. The van der Waals surface area contributed by atoms with Crippen molar-refractivity contribution in [1.82, 2.24) is 9.80 Å². The molecule has 168 valence electrons. The van der Waals surface area contributed by atoms with E-state index in [1.165, 1.54) is 6.07 Å². The number of aliphatic hydroxyl groups is 1. The fourth-order valence-electron chi connectivity index (χ4n) is 3.71. The number of aliphatic hydroxyl groups excluding tert-OH is 1.